The van der Waals surface area contributed by atoms with Gasteiger partial charge in [0.1, 0.15) is 7.85 Å². The second-order valence-electron chi connectivity index (χ2n) is 1.72. The summed E-state index contributed by atoms with van der Waals surface area (Å²) in [6, 6.07) is 0. The van der Waals surface area contributed by atoms with E-state index < -0.39 is 0 Å². The Balaban J connectivity index is 3.34. The van der Waals surface area contributed by atoms with Gasteiger partial charge in [0.25, 0.3) is 0 Å². The van der Waals surface area contributed by atoms with Gasteiger partial charge < -0.3 is 0 Å². The molecule has 0 N–H and O–H groups in total. The van der Waals surface area contributed by atoms with Crippen LogP contribution in [0.15, 0.2) is 12.1 Å². The van der Waals surface area contributed by atoms with E-state index in [0.29, 0.717) is 5.25 Å². The van der Waals surface area contributed by atoms with Gasteiger partial charge in [0.2, 0.25) is 0 Å². The highest BCUT2D eigenvalue weighted by atomic mass is 32.2. The fourth-order valence-corrected chi connectivity index (χ4v) is 0.604. The fraction of sp³-hybridized carbons (Fsp3) is 0.600. The van der Waals surface area contributed by atoms with Crippen LogP contribution >= 0.6 is 11.8 Å². The smallest absolute Gasteiger partial charge is 0.134 e. The van der Waals surface area contributed by atoms with Crippen molar-refractivity contribution in [3.8, 4) is 0 Å². The minimum absolute atomic E-state index is 0.625. The number of rotatable bonds is 2. The largest absolute Gasteiger partial charge is 0.159 e. The van der Waals surface area contributed by atoms with Crippen LogP contribution < -0.4 is 0 Å². The van der Waals surface area contributed by atoms with Gasteiger partial charge in [0, 0.05) is 5.25 Å². The Morgan fingerprint density at radius 3 is 2.29 bits per heavy atom. The van der Waals surface area contributed by atoms with Crippen molar-refractivity contribution in [2.75, 3.05) is 6.26 Å². The van der Waals surface area contributed by atoms with Crippen LogP contribution in [0.1, 0.15) is 6.92 Å². The predicted molar refractivity (Wildman–Crippen MR) is 40.7 cm³/mol. The Bertz CT molecular complexity index is 70.5. The van der Waals surface area contributed by atoms with E-state index >= 15 is 0 Å². The molecular formula is C5H11BS. The molecule has 0 aliphatic heterocycles. The van der Waals surface area contributed by atoms with Crippen molar-refractivity contribution in [3.05, 3.63) is 12.1 Å². The summed E-state index contributed by atoms with van der Waals surface area (Å²) < 4.78 is 0. The molecule has 7 heavy (non-hydrogen) atoms. The second kappa shape index (κ2) is 3.19. The van der Waals surface area contributed by atoms with E-state index in [2.05, 4.69) is 27.6 Å². The molecule has 0 fully saturated rings. The normalized spacial score (nSPS) is 13.4. The highest BCUT2D eigenvalue weighted by molar-refractivity contribution is 7.99. The van der Waals surface area contributed by atoms with Crippen LogP contribution in [0.25, 0.3) is 0 Å². The maximum atomic E-state index is 3.81. The molecule has 0 rings (SSSR count). The Hall–Kier alpha value is 0.155. The molecule has 0 amide bonds. The van der Waals surface area contributed by atoms with Crippen LogP contribution in [-0.4, -0.2) is 19.4 Å². The molecule has 0 aromatic rings. The Kier molecular flexibility index (Phi) is 3.27. The van der Waals surface area contributed by atoms with E-state index in [4.69, 9.17) is 0 Å². The maximum absolute atomic E-state index is 3.81. The van der Waals surface area contributed by atoms with E-state index in [0.717, 1.165) is 0 Å². The summed E-state index contributed by atoms with van der Waals surface area (Å²) >= 11 is 1.83. The van der Waals surface area contributed by atoms with Crippen molar-refractivity contribution >= 4 is 19.6 Å². The first-order valence-electron chi connectivity index (χ1n) is 2.36. The fourth-order valence-electron chi connectivity index (χ4n) is 0.201. The van der Waals surface area contributed by atoms with Gasteiger partial charge in [-0.25, -0.2) is 0 Å². The monoisotopic (exact) mass is 114 g/mol. The lowest BCUT2D eigenvalue weighted by Crippen LogP contribution is -1.96. The first-order valence-corrected chi connectivity index (χ1v) is 3.65. The molecule has 0 saturated heterocycles. The molecular weight excluding hydrogens is 103 g/mol. The van der Waals surface area contributed by atoms with Gasteiger partial charge >= 0.3 is 0 Å². The molecule has 0 heterocycles. The molecule has 1 unspecified atom stereocenters. The van der Waals surface area contributed by atoms with Gasteiger partial charge in [0.05, 0.1) is 0 Å². The molecule has 0 spiro atoms. The number of thioether (sulfide) groups is 1. The second-order valence-corrected chi connectivity index (χ2v) is 2.90. The van der Waals surface area contributed by atoms with E-state index in [-0.39, 0.29) is 0 Å². The van der Waals surface area contributed by atoms with Crippen LogP contribution in [0.4, 0.5) is 0 Å². The first-order chi connectivity index (χ1) is 3.18. The van der Waals surface area contributed by atoms with Crippen molar-refractivity contribution in [2.24, 2.45) is 0 Å². The predicted octanol–water partition coefficient (Wildman–Crippen LogP) is 0.885. The standard InChI is InChI=1S/C5H11BS/c1-4(6)5(2)7-3/h5H,1,6H2,2-3H3. The third kappa shape index (κ3) is 2.80. The zero-order chi connectivity index (χ0) is 5.86. The van der Waals surface area contributed by atoms with Crippen molar-refractivity contribution in [3.63, 3.8) is 0 Å². The summed E-state index contributed by atoms with van der Waals surface area (Å²) in [5.74, 6) is 0. The van der Waals surface area contributed by atoms with Crippen LogP contribution in [0.5, 0.6) is 0 Å². The van der Waals surface area contributed by atoms with Crippen molar-refractivity contribution < 1.29 is 0 Å². The molecule has 0 aromatic carbocycles. The van der Waals surface area contributed by atoms with Gasteiger partial charge in [-0.05, 0) is 6.26 Å². The van der Waals surface area contributed by atoms with Crippen molar-refractivity contribution in [1.82, 2.24) is 0 Å². The highest BCUT2D eigenvalue weighted by Crippen LogP contribution is 2.09. The highest BCUT2D eigenvalue weighted by Gasteiger charge is 1.95. The quantitative estimate of drug-likeness (QED) is 0.480. The van der Waals surface area contributed by atoms with E-state index in [1.807, 2.05) is 11.8 Å². The molecule has 0 saturated carbocycles. The van der Waals surface area contributed by atoms with Gasteiger partial charge in [-0.1, -0.05) is 6.92 Å². The van der Waals surface area contributed by atoms with E-state index in [1.165, 1.54) is 5.47 Å². The SMILES string of the molecule is BC(=C)C(C)SC. The topological polar surface area (TPSA) is 0 Å². The van der Waals surface area contributed by atoms with E-state index in [9.17, 15) is 0 Å². The average Bonchev–Trinajstić information content (AvgIpc) is 1.65. The summed E-state index contributed by atoms with van der Waals surface area (Å²) in [5.41, 5.74) is 1.26. The molecule has 0 aliphatic rings. The van der Waals surface area contributed by atoms with Crippen molar-refractivity contribution in [1.29, 1.82) is 0 Å². The summed E-state index contributed by atoms with van der Waals surface area (Å²) in [5, 5.41) is 0.625. The molecule has 0 aromatic heterocycles. The minimum atomic E-state index is 0.625. The maximum Gasteiger partial charge on any atom is 0.134 e. The zero-order valence-corrected chi connectivity index (χ0v) is 6.01. The Morgan fingerprint density at radius 2 is 2.29 bits per heavy atom. The van der Waals surface area contributed by atoms with Crippen LogP contribution in [0.3, 0.4) is 0 Å². The lowest BCUT2D eigenvalue weighted by Gasteiger charge is -2.04. The van der Waals surface area contributed by atoms with Gasteiger partial charge in [-0.15, -0.1) is 12.1 Å². The van der Waals surface area contributed by atoms with Gasteiger partial charge in [-0.2, -0.15) is 11.8 Å². The minimum Gasteiger partial charge on any atom is -0.159 e. The Morgan fingerprint density at radius 1 is 1.86 bits per heavy atom. The lowest BCUT2D eigenvalue weighted by molar-refractivity contribution is 1.23. The molecule has 0 bridgehead atoms. The van der Waals surface area contributed by atoms with Crippen LogP contribution in [0.2, 0.25) is 0 Å². The van der Waals surface area contributed by atoms with Crippen LogP contribution in [0, 0.1) is 0 Å². The number of hydrogen-bond donors (Lipinski definition) is 0. The molecule has 40 valence electrons. The van der Waals surface area contributed by atoms with Gasteiger partial charge in [0.15, 0.2) is 0 Å². The Labute approximate surface area is 50.8 Å². The molecule has 0 radical (unpaired) electrons. The molecule has 2 heteroatoms. The van der Waals surface area contributed by atoms with E-state index in [1.54, 1.807) is 0 Å². The summed E-state index contributed by atoms with van der Waals surface area (Å²) in [7, 11) is 2.06. The summed E-state index contributed by atoms with van der Waals surface area (Å²) in [6.07, 6.45) is 2.10. The zero-order valence-electron chi connectivity index (χ0n) is 5.19. The van der Waals surface area contributed by atoms with Crippen LogP contribution in [-0.2, 0) is 0 Å². The average molecular weight is 114 g/mol. The summed E-state index contributed by atoms with van der Waals surface area (Å²) in [6.45, 7) is 5.96. The van der Waals surface area contributed by atoms with Gasteiger partial charge in [-0.3, -0.25) is 0 Å². The third-order valence-corrected chi connectivity index (χ3v) is 2.16. The molecule has 0 aliphatic carbocycles. The molecule has 0 nitrogen and oxygen atoms in total. The lowest BCUT2D eigenvalue weighted by atomic mass is 9.95. The van der Waals surface area contributed by atoms with Crippen molar-refractivity contribution in [2.45, 2.75) is 12.2 Å². The number of hydrogen-bond acceptors (Lipinski definition) is 1. The summed E-state index contributed by atoms with van der Waals surface area (Å²) in [4.78, 5) is 0. The third-order valence-electron chi connectivity index (χ3n) is 1.05. The first kappa shape index (κ1) is 7.15. The molecule has 1 atom stereocenters.